The largest absolute Gasteiger partial charge is 0.364 e. The number of likely N-dealkylation sites (tertiary alicyclic amines) is 1. The second kappa shape index (κ2) is 7.41. The molecular formula is C13H16Cl2N2O4S2. The Hall–Kier alpha value is -0.120. The molecule has 0 aromatic carbocycles. The first-order chi connectivity index (χ1) is 11.0. The smallest absolute Gasteiger partial charge is 0.314 e. The van der Waals surface area contributed by atoms with Crippen molar-refractivity contribution in [3.05, 3.63) is 30.2 Å². The van der Waals surface area contributed by atoms with Gasteiger partial charge in [0.15, 0.2) is 5.79 Å². The average Bonchev–Trinajstić information content (AvgIpc) is 3.17. The first-order valence-corrected chi connectivity index (χ1v) is 9.98. The number of nitro groups is 1. The average molecular weight is 399 g/mol. The molecule has 0 N–H and O–H groups in total. The van der Waals surface area contributed by atoms with Gasteiger partial charge < -0.3 is 14.4 Å². The molecule has 23 heavy (non-hydrogen) atoms. The molecule has 1 spiro atoms. The van der Waals surface area contributed by atoms with Gasteiger partial charge in [-0.1, -0.05) is 23.2 Å². The first-order valence-electron chi connectivity index (χ1n) is 7.25. The minimum absolute atomic E-state index is 0.0155. The van der Waals surface area contributed by atoms with Gasteiger partial charge in [-0.25, -0.2) is 0 Å². The van der Waals surface area contributed by atoms with Crippen molar-refractivity contribution < 1.29 is 14.4 Å². The maximum absolute atomic E-state index is 11.6. The molecule has 3 heterocycles. The van der Waals surface area contributed by atoms with E-state index in [1.165, 1.54) is 23.5 Å². The second-order valence-corrected chi connectivity index (χ2v) is 8.71. The van der Waals surface area contributed by atoms with Crippen molar-refractivity contribution in [1.29, 1.82) is 0 Å². The van der Waals surface area contributed by atoms with Crippen LogP contribution in [0.2, 0.25) is 0 Å². The molecule has 0 aromatic rings. The Balaban J connectivity index is 1.84. The second-order valence-electron chi connectivity index (χ2n) is 5.29. The zero-order valence-corrected chi connectivity index (χ0v) is 15.4. The van der Waals surface area contributed by atoms with Crippen LogP contribution in [0.5, 0.6) is 0 Å². The lowest BCUT2D eigenvalue weighted by Gasteiger charge is -2.39. The standard InChI is InChI=1S/C13H16Cl2N2O4S2/c14-11(15)9(10(17(18)19)12-22-7-8-23-12)16-3-1-13(2-4-16)20-5-6-21-13/h1-8H2. The Kier molecular flexibility index (Phi) is 5.70. The summed E-state index contributed by atoms with van der Waals surface area (Å²) in [6.45, 7) is 2.29. The maximum atomic E-state index is 11.6. The van der Waals surface area contributed by atoms with E-state index in [1.807, 2.05) is 4.90 Å². The molecule has 0 aliphatic carbocycles. The fourth-order valence-electron chi connectivity index (χ4n) is 2.92. The summed E-state index contributed by atoms with van der Waals surface area (Å²) in [4.78, 5) is 13.1. The molecule has 0 saturated carbocycles. The van der Waals surface area contributed by atoms with E-state index >= 15 is 0 Å². The van der Waals surface area contributed by atoms with Crippen LogP contribution in [0.4, 0.5) is 0 Å². The van der Waals surface area contributed by atoms with Crippen LogP contribution in [0.3, 0.4) is 0 Å². The normalized spacial score (nSPS) is 23.4. The highest BCUT2D eigenvalue weighted by Crippen LogP contribution is 2.43. The highest BCUT2D eigenvalue weighted by atomic mass is 35.5. The molecule has 10 heteroatoms. The number of hydrogen-bond donors (Lipinski definition) is 0. The predicted octanol–water partition coefficient (Wildman–Crippen LogP) is 3.40. The number of halogens is 2. The summed E-state index contributed by atoms with van der Waals surface area (Å²) in [7, 11) is 0. The van der Waals surface area contributed by atoms with Gasteiger partial charge in [-0.3, -0.25) is 10.1 Å². The van der Waals surface area contributed by atoms with Crippen LogP contribution in [-0.2, 0) is 9.47 Å². The summed E-state index contributed by atoms with van der Waals surface area (Å²) < 4.78 is 12.0. The highest BCUT2D eigenvalue weighted by Gasteiger charge is 2.42. The summed E-state index contributed by atoms with van der Waals surface area (Å²) >= 11 is 15.0. The van der Waals surface area contributed by atoms with E-state index in [9.17, 15) is 10.1 Å². The number of thioether (sulfide) groups is 2. The van der Waals surface area contributed by atoms with E-state index in [4.69, 9.17) is 32.7 Å². The van der Waals surface area contributed by atoms with E-state index in [-0.39, 0.29) is 15.1 Å². The molecule has 3 aliphatic rings. The van der Waals surface area contributed by atoms with Gasteiger partial charge in [-0.15, -0.1) is 23.5 Å². The van der Waals surface area contributed by atoms with Crippen LogP contribution >= 0.6 is 46.7 Å². The zero-order chi connectivity index (χ0) is 16.4. The quantitative estimate of drug-likeness (QED) is 0.532. The SMILES string of the molecule is O=[N+]([O-])C(=C1SCCS1)C(=C(Cl)Cl)N1CCC2(CC1)OCCO2. The van der Waals surface area contributed by atoms with Crippen LogP contribution < -0.4 is 0 Å². The molecule has 0 amide bonds. The number of ether oxygens (including phenoxy) is 2. The third-order valence-corrected chi connectivity index (χ3v) is 7.04. The first kappa shape index (κ1) is 17.7. The lowest BCUT2D eigenvalue weighted by atomic mass is 10.0. The van der Waals surface area contributed by atoms with Gasteiger partial charge in [0, 0.05) is 37.4 Å². The van der Waals surface area contributed by atoms with E-state index in [2.05, 4.69) is 0 Å². The summed E-state index contributed by atoms with van der Waals surface area (Å²) in [5.41, 5.74) is 0.324. The van der Waals surface area contributed by atoms with Gasteiger partial charge in [0.05, 0.1) is 18.1 Å². The van der Waals surface area contributed by atoms with Crippen molar-refractivity contribution in [1.82, 2.24) is 4.90 Å². The van der Waals surface area contributed by atoms with Crippen LogP contribution in [0.25, 0.3) is 0 Å². The number of piperidine rings is 1. The Morgan fingerprint density at radius 3 is 2.22 bits per heavy atom. The fourth-order valence-corrected chi connectivity index (χ4v) is 5.82. The molecule has 6 nitrogen and oxygen atoms in total. The van der Waals surface area contributed by atoms with Crippen LogP contribution in [-0.4, -0.2) is 53.4 Å². The van der Waals surface area contributed by atoms with Gasteiger partial charge >= 0.3 is 5.70 Å². The number of rotatable bonds is 3. The highest BCUT2D eigenvalue weighted by molar-refractivity contribution is 8.25. The molecular weight excluding hydrogens is 383 g/mol. The fraction of sp³-hybridized carbons (Fsp3) is 0.692. The van der Waals surface area contributed by atoms with Crippen molar-refractivity contribution >= 4 is 46.7 Å². The van der Waals surface area contributed by atoms with Gasteiger partial charge in [-0.05, 0) is 0 Å². The van der Waals surface area contributed by atoms with Gasteiger partial charge in [0.25, 0.3) is 0 Å². The zero-order valence-electron chi connectivity index (χ0n) is 12.3. The van der Waals surface area contributed by atoms with E-state index in [0.29, 0.717) is 49.1 Å². The van der Waals surface area contributed by atoms with E-state index in [0.717, 1.165) is 11.5 Å². The van der Waals surface area contributed by atoms with Crippen molar-refractivity contribution in [2.75, 3.05) is 37.8 Å². The Morgan fingerprint density at radius 2 is 1.74 bits per heavy atom. The van der Waals surface area contributed by atoms with Gasteiger partial charge in [0.2, 0.25) is 0 Å². The molecule has 0 aromatic heterocycles. The van der Waals surface area contributed by atoms with Crippen LogP contribution in [0, 0.1) is 10.1 Å². The summed E-state index contributed by atoms with van der Waals surface area (Å²) in [5, 5.41) is 11.6. The molecule has 0 atom stereocenters. The van der Waals surface area contributed by atoms with Crippen LogP contribution in [0.15, 0.2) is 20.1 Å². The predicted molar refractivity (Wildman–Crippen MR) is 93.1 cm³/mol. The third-order valence-electron chi connectivity index (χ3n) is 3.98. The number of hydrogen-bond acceptors (Lipinski definition) is 7. The topological polar surface area (TPSA) is 64.8 Å². The van der Waals surface area contributed by atoms with Crippen LogP contribution in [0.1, 0.15) is 12.8 Å². The van der Waals surface area contributed by atoms with Gasteiger partial charge in [0.1, 0.15) is 14.4 Å². The van der Waals surface area contributed by atoms with E-state index in [1.54, 1.807) is 0 Å². The molecule has 128 valence electrons. The Morgan fingerprint density at radius 1 is 1.17 bits per heavy atom. The van der Waals surface area contributed by atoms with Crippen molar-refractivity contribution in [3.8, 4) is 0 Å². The Labute approximate surface area is 152 Å². The molecule has 0 radical (unpaired) electrons. The summed E-state index contributed by atoms with van der Waals surface area (Å²) in [6.07, 6.45) is 1.27. The maximum Gasteiger partial charge on any atom is 0.314 e. The van der Waals surface area contributed by atoms with Crippen molar-refractivity contribution in [3.63, 3.8) is 0 Å². The summed E-state index contributed by atoms with van der Waals surface area (Å²) in [6, 6.07) is 0. The molecule has 0 bridgehead atoms. The molecule has 3 rings (SSSR count). The van der Waals surface area contributed by atoms with Crippen molar-refractivity contribution in [2.24, 2.45) is 0 Å². The number of nitrogens with zero attached hydrogens (tertiary/aromatic N) is 2. The van der Waals surface area contributed by atoms with Gasteiger partial charge in [-0.2, -0.15) is 0 Å². The minimum atomic E-state index is -0.542. The lowest BCUT2D eigenvalue weighted by Crippen LogP contribution is -2.45. The Bertz CT molecular complexity index is 542. The lowest BCUT2D eigenvalue weighted by molar-refractivity contribution is -0.422. The molecule has 3 aliphatic heterocycles. The summed E-state index contributed by atoms with van der Waals surface area (Å²) in [5.74, 6) is 1.17. The minimum Gasteiger partial charge on any atom is -0.364 e. The third kappa shape index (κ3) is 3.77. The van der Waals surface area contributed by atoms with E-state index < -0.39 is 5.79 Å². The van der Waals surface area contributed by atoms with Crippen molar-refractivity contribution in [2.45, 2.75) is 18.6 Å². The molecule has 3 saturated heterocycles. The molecule has 0 unspecified atom stereocenters. The molecule has 3 fully saturated rings. The monoisotopic (exact) mass is 398 g/mol.